The van der Waals surface area contributed by atoms with E-state index in [1.807, 2.05) is 6.07 Å². The minimum Gasteiger partial charge on any atom is -0.495 e. The number of urea groups is 1. The maximum atomic E-state index is 12.0. The molecule has 0 bridgehead atoms. The summed E-state index contributed by atoms with van der Waals surface area (Å²) in [5.41, 5.74) is 2.38. The van der Waals surface area contributed by atoms with Crippen LogP contribution in [0, 0.1) is 0 Å². The Kier molecular flexibility index (Phi) is 3.65. The van der Waals surface area contributed by atoms with Crippen molar-refractivity contribution in [2.24, 2.45) is 0 Å². The van der Waals surface area contributed by atoms with Crippen LogP contribution in [0.5, 0.6) is 5.75 Å². The fraction of sp³-hybridized carbons (Fsp3) is 0.125. The molecule has 2 amide bonds. The number of amides is 2. The van der Waals surface area contributed by atoms with E-state index < -0.39 is 6.03 Å². The number of esters is 1. The first kappa shape index (κ1) is 13.9. The molecule has 2 aromatic rings. The summed E-state index contributed by atoms with van der Waals surface area (Å²) in [6.07, 6.45) is 0. The van der Waals surface area contributed by atoms with Gasteiger partial charge in [-0.05, 0) is 24.3 Å². The van der Waals surface area contributed by atoms with Crippen LogP contribution in [0.15, 0.2) is 42.5 Å². The van der Waals surface area contributed by atoms with Gasteiger partial charge in [0.15, 0.2) is 0 Å². The first-order valence-corrected chi connectivity index (χ1v) is 6.68. The third-order valence-electron chi connectivity index (χ3n) is 3.30. The van der Waals surface area contributed by atoms with Crippen LogP contribution in [0.25, 0.3) is 0 Å². The molecular formula is C16H14N2O4. The number of anilines is 2. The van der Waals surface area contributed by atoms with Crippen molar-refractivity contribution in [1.82, 2.24) is 0 Å². The molecule has 0 aliphatic carbocycles. The Hall–Kier alpha value is -3.02. The van der Waals surface area contributed by atoms with Gasteiger partial charge >= 0.3 is 12.0 Å². The molecule has 0 aromatic heterocycles. The van der Waals surface area contributed by atoms with Crippen LogP contribution < -0.4 is 15.4 Å². The maximum absolute atomic E-state index is 12.0. The number of cyclic esters (lactones) is 1. The van der Waals surface area contributed by atoms with E-state index in [-0.39, 0.29) is 12.6 Å². The Bertz CT molecular complexity index is 743. The number of hydrogen-bond acceptors (Lipinski definition) is 4. The summed E-state index contributed by atoms with van der Waals surface area (Å²) in [7, 11) is 1.53. The number of nitrogens with one attached hydrogen (secondary N) is 2. The second-order valence-corrected chi connectivity index (χ2v) is 4.73. The van der Waals surface area contributed by atoms with Crippen molar-refractivity contribution in [2.75, 3.05) is 17.7 Å². The summed E-state index contributed by atoms with van der Waals surface area (Å²) in [6.45, 7) is 0.280. The van der Waals surface area contributed by atoms with Crippen LogP contribution in [0.1, 0.15) is 15.9 Å². The average Bonchev–Trinajstić information content (AvgIpc) is 2.89. The van der Waals surface area contributed by atoms with Crippen LogP contribution >= 0.6 is 0 Å². The molecule has 0 radical (unpaired) electrons. The minimum atomic E-state index is -0.421. The van der Waals surface area contributed by atoms with E-state index in [1.54, 1.807) is 36.4 Å². The van der Waals surface area contributed by atoms with Gasteiger partial charge in [0.05, 0.1) is 18.4 Å². The van der Waals surface area contributed by atoms with E-state index in [0.717, 1.165) is 5.56 Å². The number of carbonyl (C=O) groups excluding carboxylic acids is 2. The van der Waals surface area contributed by atoms with E-state index in [2.05, 4.69) is 10.6 Å². The van der Waals surface area contributed by atoms with E-state index >= 15 is 0 Å². The number of fused-ring (bicyclic) bond motifs is 1. The van der Waals surface area contributed by atoms with Crippen molar-refractivity contribution < 1.29 is 19.1 Å². The summed E-state index contributed by atoms with van der Waals surface area (Å²) < 4.78 is 10.1. The summed E-state index contributed by atoms with van der Waals surface area (Å²) >= 11 is 0. The Balaban J connectivity index is 1.72. The molecule has 1 heterocycles. The first-order chi connectivity index (χ1) is 10.7. The van der Waals surface area contributed by atoms with Crippen molar-refractivity contribution in [3.8, 4) is 5.75 Å². The molecule has 6 heteroatoms. The zero-order valence-corrected chi connectivity index (χ0v) is 11.9. The first-order valence-electron chi connectivity index (χ1n) is 6.68. The predicted molar refractivity (Wildman–Crippen MR) is 81.2 cm³/mol. The van der Waals surface area contributed by atoms with Crippen LogP contribution in [0.4, 0.5) is 16.2 Å². The van der Waals surface area contributed by atoms with Crippen molar-refractivity contribution in [1.29, 1.82) is 0 Å². The molecule has 0 saturated carbocycles. The quantitative estimate of drug-likeness (QED) is 0.854. The van der Waals surface area contributed by atoms with Crippen molar-refractivity contribution >= 4 is 23.4 Å². The number of carbonyl (C=O) groups is 2. The average molecular weight is 298 g/mol. The highest BCUT2D eigenvalue weighted by molar-refractivity contribution is 6.02. The molecule has 1 aliphatic heterocycles. The van der Waals surface area contributed by atoms with Crippen molar-refractivity contribution in [2.45, 2.75) is 6.61 Å². The number of methoxy groups -OCH3 is 1. The highest BCUT2D eigenvalue weighted by Crippen LogP contribution is 2.25. The van der Waals surface area contributed by atoms with Gasteiger partial charge in [-0.2, -0.15) is 0 Å². The lowest BCUT2D eigenvalue weighted by Crippen LogP contribution is -2.20. The number of benzene rings is 2. The molecule has 2 N–H and O–H groups in total. The second kappa shape index (κ2) is 5.77. The maximum Gasteiger partial charge on any atom is 0.338 e. The molecule has 22 heavy (non-hydrogen) atoms. The van der Waals surface area contributed by atoms with Crippen LogP contribution in [-0.2, 0) is 11.3 Å². The monoisotopic (exact) mass is 298 g/mol. The number of rotatable bonds is 3. The van der Waals surface area contributed by atoms with E-state index in [1.165, 1.54) is 7.11 Å². The smallest absolute Gasteiger partial charge is 0.338 e. The van der Waals surface area contributed by atoms with E-state index in [4.69, 9.17) is 9.47 Å². The summed E-state index contributed by atoms with van der Waals surface area (Å²) in [6, 6.07) is 11.8. The highest BCUT2D eigenvalue weighted by Gasteiger charge is 2.21. The molecule has 0 saturated heterocycles. The van der Waals surface area contributed by atoms with Crippen LogP contribution in [-0.4, -0.2) is 19.1 Å². The minimum absolute atomic E-state index is 0.280. The highest BCUT2D eigenvalue weighted by atomic mass is 16.5. The zero-order chi connectivity index (χ0) is 15.5. The number of para-hydroxylation sites is 2. The molecule has 0 unspecified atom stereocenters. The SMILES string of the molecule is COc1ccccc1NC(=O)Nc1ccc2c(c1)C(=O)OC2. The van der Waals surface area contributed by atoms with Gasteiger partial charge in [-0.3, -0.25) is 0 Å². The lowest BCUT2D eigenvalue weighted by atomic mass is 10.1. The molecule has 3 rings (SSSR count). The largest absolute Gasteiger partial charge is 0.495 e. The fourth-order valence-electron chi connectivity index (χ4n) is 2.22. The molecule has 0 fully saturated rings. The normalized spacial score (nSPS) is 12.3. The van der Waals surface area contributed by atoms with Gasteiger partial charge in [-0.25, -0.2) is 9.59 Å². The van der Waals surface area contributed by atoms with Gasteiger partial charge in [0.1, 0.15) is 12.4 Å². The molecule has 6 nitrogen and oxygen atoms in total. The van der Waals surface area contributed by atoms with Crippen molar-refractivity contribution in [3.05, 3.63) is 53.6 Å². The summed E-state index contributed by atoms with van der Waals surface area (Å²) in [4.78, 5) is 23.5. The second-order valence-electron chi connectivity index (χ2n) is 4.73. The summed E-state index contributed by atoms with van der Waals surface area (Å²) in [5, 5.41) is 5.38. The molecule has 1 aliphatic rings. The van der Waals surface area contributed by atoms with Crippen LogP contribution in [0.2, 0.25) is 0 Å². The van der Waals surface area contributed by atoms with E-state index in [0.29, 0.717) is 22.7 Å². The van der Waals surface area contributed by atoms with Gasteiger partial charge < -0.3 is 20.1 Å². The molecule has 2 aromatic carbocycles. The lowest BCUT2D eigenvalue weighted by Gasteiger charge is -2.11. The summed E-state index contributed by atoms with van der Waals surface area (Å²) in [5.74, 6) is 0.193. The topological polar surface area (TPSA) is 76.7 Å². The molecule has 112 valence electrons. The Labute approximate surface area is 127 Å². The standard InChI is InChI=1S/C16H14N2O4/c1-21-14-5-3-2-4-13(14)18-16(20)17-11-7-6-10-9-22-15(19)12(10)8-11/h2-8H,9H2,1H3,(H2,17,18,20). The van der Waals surface area contributed by atoms with Gasteiger partial charge in [-0.1, -0.05) is 18.2 Å². The Morgan fingerprint density at radius 1 is 1.18 bits per heavy atom. The molecule has 0 spiro atoms. The zero-order valence-electron chi connectivity index (χ0n) is 11.9. The Morgan fingerprint density at radius 2 is 2.00 bits per heavy atom. The lowest BCUT2D eigenvalue weighted by molar-refractivity contribution is 0.0535. The van der Waals surface area contributed by atoms with Gasteiger partial charge in [0.25, 0.3) is 0 Å². The van der Waals surface area contributed by atoms with Gasteiger partial charge in [0.2, 0.25) is 0 Å². The van der Waals surface area contributed by atoms with Crippen LogP contribution in [0.3, 0.4) is 0 Å². The fourth-order valence-corrected chi connectivity index (χ4v) is 2.22. The third-order valence-corrected chi connectivity index (χ3v) is 3.30. The van der Waals surface area contributed by atoms with Crippen molar-refractivity contribution in [3.63, 3.8) is 0 Å². The third kappa shape index (κ3) is 2.71. The van der Waals surface area contributed by atoms with E-state index in [9.17, 15) is 9.59 Å². The van der Waals surface area contributed by atoms with Gasteiger partial charge in [-0.15, -0.1) is 0 Å². The predicted octanol–water partition coefficient (Wildman–Crippen LogP) is 3.01. The Morgan fingerprint density at radius 3 is 2.82 bits per heavy atom. The number of hydrogen-bond donors (Lipinski definition) is 2. The van der Waals surface area contributed by atoms with Gasteiger partial charge in [0, 0.05) is 11.3 Å². The number of ether oxygens (including phenoxy) is 2. The molecule has 0 atom stereocenters. The molecular weight excluding hydrogens is 284 g/mol.